The third-order valence-electron chi connectivity index (χ3n) is 6.38. The van der Waals surface area contributed by atoms with Crippen LogP contribution in [-0.2, 0) is 0 Å². The summed E-state index contributed by atoms with van der Waals surface area (Å²) in [5.41, 5.74) is 1.54. The van der Waals surface area contributed by atoms with Crippen molar-refractivity contribution in [1.82, 2.24) is 20.0 Å². The molecule has 1 aliphatic carbocycles. The number of rotatable bonds is 5. The Morgan fingerprint density at radius 1 is 1.03 bits per heavy atom. The third kappa shape index (κ3) is 4.17. The summed E-state index contributed by atoms with van der Waals surface area (Å²) < 4.78 is 10.7. The van der Waals surface area contributed by atoms with Gasteiger partial charge in [0.2, 0.25) is 11.7 Å². The molecule has 166 valence electrons. The van der Waals surface area contributed by atoms with Gasteiger partial charge in [0.15, 0.2) is 0 Å². The molecule has 0 bridgehead atoms. The van der Waals surface area contributed by atoms with E-state index in [2.05, 4.69) is 20.0 Å². The highest BCUT2D eigenvalue weighted by Gasteiger charge is 2.25. The summed E-state index contributed by atoms with van der Waals surface area (Å²) in [5, 5.41) is 4.15. The second kappa shape index (κ2) is 8.98. The molecule has 1 aromatic carbocycles. The largest absolute Gasteiger partial charge is 0.497 e. The number of nitrogens with zero attached hydrogens (tertiary/aromatic N) is 5. The quantitative estimate of drug-likeness (QED) is 0.606. The summed E-state index contributed by atoms with van der Waals surface area (Å²) in [5.74, 6) is 3.44. The van der Waals surface area contributed by atoms with Gasteiger partial charge in [-0.25, -0.2) is 4.98 Å². The number of ether oxygens (including phenoxy) is 1. The summed E-state index contributed by atoms with van der Waals surface area (Å²) in [6.45, 7) is 2.79. The van der Waals surface area contributed by atoms with Crippen molar-refractivity contribution in [3.8, 4) is 17.1 Å². The molecule has 1 saturated carbocycles. The van der Waals surface area contributed by atoms with Crippen LogP contribution < -0.4 is 9.64 Å². The highest BCUT2D eigenvalue weighted by Crippen LogP contribution is 2.34. The van der Waals surface area contributed by atoms with Crippen molar-refractivity contribution >= 4 is 11.7 Å². The molecule has 3 aromatic rings. The molecule has 32 heavy (non-hydrogen) atoms. The van der Waals surface area contributed by atoms with Gasteiger partial charge in [-0.05, 0) is 49.2 Å². The van der Waals surface area contributed by atoms with Gasteiger partial charge >= 0.3 is 0 Å². The number of amides is 1. The van der Waals surface area contributed by atoms with Crippen LogP contribution in [0.3, 0.4) is 0 Å². The number of benzene rings is 1. The Morgan fingerprint density at radius 2 is 1.78 bits per heavy atom. The third-order valence-corrected chi connectivity index (χ3v) is 6.38. The van der Waals surface area contributed by atoms with Gasteiger partial charge in [-0.2, -0.15) is 4.98 Å². The van der Waals surface area contributed by atoms with Crippen LogP contribution in [0.1, 0.15) is 47.8 Å². The fourth-order valence-electron chi connectivity index (χ4n) is 4.45. The lowest BCUT2D eigenvalue weighted by molar-refractivity contribution is 0.0746. The molecule has 8 heteroatoms. The SMILES string of the molecule is COc1ccc(C(=O)N2CCN(c3ccc(-c4noc(C5CCCC5)n4)cn3)CC2)cc1. The van der Waals surface area contributed by atoms with Crippen LogP contribution in [0.2, 0.25) is 0 Å². The first-order valence-corrected chi connectivity index (χ1v) is 11.2. The van der Waals surface area contributed by atoms with Crippen molar-refractivity contribution in [3.63, 3.8) is 0 Å². The Bertz CT molecular complexity index is 1050. The van der Waals surface area contributed by atoms with Crippen molar-refractivity contribution in [1.29, 1.82) is 0 Å². The minimum atomic E-state index is 0.0470. The minimum absolute atomic E-state index is 0.0470. The topological polar surface area (TPSA) is 84.6 Å². The zero-order chi connectivity index (χ0) is 21.9. The fraction of sp³-hybridized carbons (Fsp3) is 0.417. The lowest BCUT2D eigenvalue weighted by Gasteiger charge is -2.35. The Morgan fingerprint density at radius 3 is 2.44 bits per heavy atom. The number of hydrogen-bond acceptors (Lipinski definition) is 7. The fourth-order valence-corrected chi connectivity index (χ4v) is 4.45. The van der Waals surface area contributed by atoms with Gasteiger partial charge < -0.3 is 19.1 Å². The predicted octanol–water partition coefficient (Wildman–Crippen LogP) is 3.76. The molecule has 5 rings (SSSR count). The monoisotopic (exact) mass is 433 g/mol. The normalized spacial score (nSPS) is 17.0. The van der Waals surface area contributed by atoms with Crippen LogP contribution in [0.5, 0.6) is 5.75 Å². The van der Waals surface area contributed by atoms with Gasteiger partial charge in [-0.1, -0.05) is 18.0 Å². The lowest BCUT2D eigenvalue weighted by Crippen LogP contribution is -2.49. The van der Waals surface area contributed by atoms with Crippen LogP contribution in [0.15, 0.2) is 47.1 Å². The number of carbonyl (C=O) groups is 1. The van der Waals surface area contributed by atoms with Gasteiger partial charge in [0.25, 0.3) is 5.91 Å². The van der Waals surface area contributed by atoms with Gasteiger partial charge in [0.05, 0.1) is 7.11 Å². The Labute approximate surface area is 187 Å². The van der Waals surface area contributed by atoms with E-state index in [1.807, 2.05) is 41.3 Å². The average molecular weight is 434 g/mol. The Kier molecular flexibility index (Phi) is 5.75. The molecule has 0 radical (unpaired) electrons. The van der Waals surface area contributed by atoms with Crippen molar-refractivity contribution < 1.29 is 14.1 Å². The van der Waals surface area contributed by atoms with E-state index in [1.54, 1.807) is 13.3 Å². The summed E-state index contributed by atoms with van der Waals surface area (Å²) in [6.07, 6.45) is 6.53. The summed E-state index contributed by atoms with van der Waals surface area (Å²) >= 11 is 0. The van der Waals surface area contributed by atoms with E-state index in [9.17, 15) is 4.79 Å². The zero-order valence-electron chi connectivity index (χ0n) is 18.2. The maximum absolute atomic E-state index is 12.8. The maximum Gasteiger partial charge on any atom is 0.253 e. The molecule has 2 fully saturated rings. The minimum Gasteiger partial charge on any atom is -0.497 e. The smallest absolute Gasteiger partial charge is 0.253 e. The zero-order valence-corrected chi connectivity index (χ0v) is 18.2. The molecule has 0 unspecified atom stereocenters. The number of hydrogen-bond donors (Lipinski definition) is 0. The molecular weight excluding hydrogens is 406 g/mol. The molecule has 1 saturated heterocycles. The van der Waals surface area contributed by atoms with E-state index < -0.39 is 0 Å². The maximum atomic E-state index is 12.8. The lowest BCUT2D eigenvalue weighted by atomic mass is 10.1. The van der Waals surface area contributed by atoms with Crippen molar-refractivity contribution in [3.05, 3.63) is 54.0 Å². The Hall–Kier alpha value is -3.42. The van der Waals surface area contributed by atoms with E-state index in [0.29, 0.717) is 30.4 Å². The molecular formula is C24H27N5O3. The standard InChI is InChI=1S/C24H27N5O3/c1-31-20-9-6-18(7-10-20)24(30)29-14-12-28(13-15-29)21-11-8-19(16-25-21)22-26-23(32-27-22)17-4-2-3-5-17/h6-11,16-17H,2-5,12-15H2,1H3. The van der Waals surface area contributed by atoms with Crippen LogP contribution in [0.4, 0.5) is 5.82 Å². The first-order chi connectivity index (χ1) is 15.7. The highest BCUT2D eigenvalue weighted by atomic mass is 16.5. The molecule has 3 heterocycles. The first-order valence-electron chi connectivity index (χ1n) is 11.2. The van der Waals surface area contributed by atoms with E-state index in [0.717, 1.165) is 49.0 Å². The van der Waals surface area contributed by atoms with E-state index in [-0.39, 0.29) is 5.91 Å². The van der Waals surface area contributed by atoms with Gasteiger partial charge in [0, 0.05) is 49.4 Å². The molecule has 0 atom stereocenters. The van der Waals surface area contributed by atoms with Crippen molar-refractivity contribution in [2.24, 2.45) is 0 Å². The Balaban J connectivity index is 1.19. The second-order valence-electron chi connectivity index (χ2n) is 8.35. The second-order valence-corrected chi connectivity index (χ2v) is 8.35. The molecule has 1 amide bonds. The van der Waals surface area contributed by atoms with E-state index in [4.69, 9.17) is 9.26 Å². The molecule has 0 N–H and O–H groups in total. The number of methoxy groups -OCH3 is 1. The summed E-state index contributed by atoms with van der Waals surface area (Å²) in [6, 6.07) is 11.2. The molecule has 1 aliphatic heterocycles. The highest BCUT2D eigenvalue weighted by molar-refractivity contribution is 5.94. The van der Waals surface area contributed by atoms with Crippen LogP contribution in [-0.4, -0.2) is 59.2 Å². The number of piperazine rings is 1. The molecule has 2 aliphatic rings. The number of carbonyl (C=O) groups excluding carboxylic acids is 1. The van der Waals surface area contributed by atoms with Crippen LogP contribution in [0, 0.1) is 0 Å². The van der Waals surface area contributed by atoms with Crippen molar-refractivity contribution in [2.45, 2.75) is 31.6 Å². The predicted molar refractivity (Wildman–Crippen MR) is 120 cm³/mol. The number of pyridine rings is 1. The van der Waals surface area contributed by atoms with E-state index >= 15 is 0 Å². The van der Waals surface area contributed by atoms with E-state index in [1.165, 1.54) is 12.8 Å². The molecule has 0 spiro atoms. The number of anilines is 1. The molecule has 2 aromatic heterocycles. The van der Waals surface area contributed by atoms with Gasteiger partial charge in [-0.3, -0.25) is 4.79 Å². The van der Waals surface area contributed by atoms with Crippen LogP contribution in [0.25, 0.3) is 11.4 Å². The van der Waals surface area contributed by atoms with Gasteiger partial charge in [-0.15, -0.1) is 0 Å². The molecule has 8 nitrogen and oxygen atoms in total. The average Bonchev–Trinajstić information content (AvgIpc) is 3.56. The number of aromatic nitrogens is 3. The summed E-state index contributed by atoms with van der Waals surface area (Å²) in [7, 11) is 1.62. The van der Waals surface area contributed by atoms with Crippen LogP contribution >= 0.6 is 0 Å². The summed E-state index contributed by atoms with van der Waals surface area (Å²) in [4.78, 5) is 26.1. The van der Waals surface area contributed by atoms with Crippen molar-refractivity contribution in [2.75, 3.05) is 38.2 Å². The van der Waals surface area contributed by atoms with Gasteiger partial charge in [0.1, 0.15) is 11.6 Å². The first kappa shape index (κ1) is 20.5.